The molecular weight excluding hydrogens is 566 g/mol. The summed E-state index contributed by atoms with van der Waals surface area (Å²) in [6, 6.07) is 0. The molecule has 0 saturated carbocycles. The predicted octanol–water partition coefficient (Wildman–Crippen LogP) is 13.7. The summed E-state index contributed by atoms with van der Waals surface area (Å²) < 4.78 is 6.03. The lowest BCUT2D eigenvalue weighted by Gasteiger charge is -2.20. The summed E-state index contributed by atoms with van der Waals surface area (Å²) in [4.78, 5) is 27.2. The van der Waals surface area contributed by atoms with Crippen molar-refractivity contribution in [3.05, 3.63) is 0 Å². The maximum atomic E-state index is 12.8. The average molecular weight is 650 g/mol. The molecule has 0 aliphatic heterocycles. The number of amides is 1. The van der Waals surface area contributed by atoms with Crippen LogP contribution in [0.4, 0.5) is 0 Å². The largest absolute Gasteiger partial charge is 0.462 e. The summed E-state index contributed by atoms with van der Waals surface area (Å²) in [6.07, 6.45) is 42.3. The number of unbranched alkanes of at least 4 members (excludes halogenated alkanes) is 27. The van der Waals surface area contributed by atoms with Crippen molar-refractivity contribution in [2.75, 3.05) is 13.6 Å². The molecule has 4 heteroatoms. The van der Waals surface area contributed by atoms with Gasteiger partial charge in [-0.1, -0.05) is 194 Å². The van der Waals surface area contributed by atoms with Crippen LogP contribution in [0.3, 0.4) is 0 Å². The van der Waals surface area contributed by atoms with Gasteiger partial charge in [0, 0.05) is 20.0 Å². The number of carbonyl (C=O) groups is 2. The van der Waals surface area contributed by atoms with Crippen molar-refractivity contribution in [2.45, 2.75) is 245 Å². The van der Waals surface area contributed by atoms with Crippen molar-refractivity contribution in [3.63, 3.8) is 0 Å². The molecule has 0 aromatic rings. The third-order valence-electron chi connectivity index (χ3n) is 9.88. The molecule has 0 rings (SSSR count). The van der Waals surface area contributed by atoms with Crippen LogP contribution in [-0.4, -0.2) is 36.5 Å². The minimum absolute atomic E-state index is 0.0449. The number of esters is 1. The van der Waals surface area contributed by atoms with E-state index in [0.29, 0.717) is 19.4 Å². The molecule has 0 N–H and O–H groups in total. The second kappa shape index (κ2) is 36.8. The maximum absolute atomic E-state index is 12.8. The Morgan fingerprint density at radius 1 is 0.435 bits per heavy atom. The average Bonchev–Trinajstić information content (AvgIpc) is 3.05. The molecular formula is C42H83NO3. The lowest BCUT2D eigenvalue weighted by molar-refractivity contribution is -0.150. The third kappa shape index (κ3) is 32.9. The Hall–Kier alpha value is -1.06. The number of carbonyl (C=O) groups excluding carboxylic acids is 2. The van der Waals surface area contributed by atoms with Crippen molar-refractivity contribution >= 4 is 11.9 Å². The van der Waals surface area contributed by atoms with E-state index in [1.807, 2.05) is 7.05 Å². The predicted molar refractivity (Wildman–Crippen MR) is 202 cm³/mol. The first-order valence-electron chi connectivity index (χ1n) is 21.0. The monoisotopic (exact) mass is 650 g/mol. The molecule has 1 atom stereocenters. The van der Waals surface area contributed by atoms with Crippen LogP contribution in [0.15, 0.2) is 0 Å². The molecule has 0 heterocycles. The number of rotatable bonds is 37. The first-order chi connectivity index (χ1) is 22.5. The standard InChI is InChI=1S/C42H83NO3/c1-5-8-11-14-17-20-22-24-27-30-33-36-40(35-32-29-26-19-16-13-10-7-3)46-42(45)38-39-43(4)41(44)37-34-31-28-25-23-21-18-15-12-9-6-2/h40H,5-39H2,1-4H3. The molecule has 0 aliphatic carbocycles. The van der Waals surface area contributed by atoms with Gasteiger partial charge in [-0.05, 0) is 32.1 Å². The Morgan fingerprint density at radius 2 is 0.739 bits per heavy atom. The number of hydrogen-bond donors (Lipinski definition) is 0. The van der Waals surface area contributed by atoms with Gasteiger partial charge in [0.05, 0.1) is 6.42 Å². The fraction of sp³-hybridized carbons (Fsp3) is 0.952. The van der Waals surface area contributed by atoms with Gasteiger partial charge in [0.2, 0.25) is 5.91 Å². The summed E-state index contributed by atoms with van der Waals surface area (Å²) in [7, 11) is 1.84. The second-order valence-electron chi connectivity index (χ2n) is 14.6. The van der Waals surface area contributed by atoms with Gasteiger partial charge >= 0.3 is 5.97 Å². The first kappa shape index (κ1) is 44.9. The van der Waals surface area contributed by atoms with E-state index in [9.17, 15) is 9.59 Å². The van der Waals surface area contributed by atoms with Crippen LogP contribution < -0.4 is 0 Å². The van der Waals surface area contributed by atoms with Gasteiger partial charge in [-0.2, -0.15) is 0 Å². The van der Waals surface area contributed by atoms with Gasteiger partial charge in [0.25, 0.3) is 0 Å². The molecule has 0 spiro atoms. The molecule has 4 nitrogen and oxygen atoms in total. The number of hydrogen-bond acceptors (Lipinski definition) is 3. The molecule has 0 aromatic heterocycles. The highest BCUT2D eigenvalue weighted by Crippen LogP contribution is 2.19. The second-order valence-corrected chi connectivity index (χ2v) is 14.6. The van der Waals surface area contributed by atoms with Crippen molar-refractivity contribution < 1.29 is 14.3 Å². The van der Waals surface area contributed by atoms with E-state index in [1.165, 1.54) is 167 Å². The zero-order chi connectivity index (χ0) is 33.8. The maximum Gasteiger partial charge on any atom is 0.307 e. The molecule has 274 valence electrons. The van der Waals surface area contributed by atoms with Gasteiger partial charge in [-0.15, -0.1) is 0 Å². The lowest BCUT2D eigenvalue weighted by Crippen LogP contribution is -2.30. The Bertz CT molecular complexity index is 636. The van der Waals surface area contributed by atoms with E-state index in [4.69, 9.17) is 4.74 Å². The van der Waals surface area contributed by atoms with E-state index < -0.39 is 0 Å². The molecule has 0 aliphatic rings. The fourth-order valence-electron chi connectivity index (χ4n) is 6.56. The number of nitrogens with zero attached hydrogens (tertiary/aromatic N) is 1. The van der Waals surface area contributed by atoms with E-state index >= 15 is 0 Å². The van der Waals surface area contributed by atoms with E-state index in [2.05, 4.69) is 20.8 Å². The van der Waals surface area contributed by atoms with Crippen molar-refractivity contribution in [2.24, 2.45) is 0 Å². The van der Waals surface area contributed by atoms with Gasteiger partial charge in [0.15, 0.2) is 0 Å². The highest BCUT2D eigenvalue weighted by Gasteiger charge is 2.16. The van der Waals surface area contributed by atoms with Crippen LogP contribution in [0, 0.1) is 0 Å². The number of ether oxygens (including phenoxy) is 1. The summed E-state index contributed by atoms with van der Waals surface area (Å²) in [6.45, 7) is 7.29. The highest BCUT2D eigenvalue weighted by atomic mass is 16.5. The smallest absolute Gasteiger partial charge is 0.307 e. The van der Waals surface area contributed by atoms with E-state index in [-0.39, 0.29) is 18.0 Å². The van der Waals surface area contributed by atoms with Crippen LogP contribution in [0.5, 0.6) is 0 Å². The third-order valence-corrected chi connectivity index (χ3v) is 9.88. The Balaban J connectivity index is 4.20. The van der Waals surface area contributed by atoms with Crippen molar-refractivity contribution in [1.29, 1.82) is 0 Å². The molecule has 1 unspecified atom stereocenters. The van der Waals surface area contributed by atoms with Gasteiger partial charge in [0.1, 0.15) is 6.10 Å². The molecule has 0 bridgehead atoms. The fourth-order valence-corrected chi connectivity index (χ4v) is 6.56. The van der Waals surface area contributed by atoms with Gasteiger partial charge in [-0.25, -0.2) is 0 Å². The molecule has 0 fully saturated rings. The molecule has 0 radical (unpaired) electrons. The van der Waals surface area contributed by atoms with Crippen molar-refractivity contribution in [3.8, 4) is 0 Å². The zero-order valence-corrected chi connectivity index (χ0v) is 32.0. The SMILES string of the molecule is CCCCCCCCCCCCCC(=O)N(C)CCC(=O)OC(CCCCCCCCCC)CCCCCCCCCCCCC. The van der Waals surface area contributed by atoms with Gasteiger partial charge in [-0.3, -0.25) is 9.59 Å². The van der Waals surface area contributed by atoms with E-state index in [0.717, 1.165) is 38.5 Å². The molecule has 1 amide bonds. The van der Waals surface area contributed by atoms with E-state index in [1.54, 1.807) is 4.90 Å². The van der Waals surface area contributed by atoms with Crippen LogP contribution >= 0.6 is 0 Å². The summed E-state index contributed by atoms with van der Waals surface area (Å²) in [5.41, 5.74) is 0. The topological polar surface area (TPSA) is 46.6 Å². The summed E-state index contributed by atoms with van der Waals surface area (Å²) in [5, 5.41) is 0. The van der Waals surface area contributed by atoms with Crippen LogP contribution in [0.25, 0.3) is 0 Å². The minimum atomic E-state index is -0.123. The highest BCUT2D eigenvalue weighted by molar-refractivity contribution is 5.77. The Kier molecular flexibility index (Phi) is 35.9. The van der Waals surface area contributed by atoms with Crippen LogP contribution in [-0.2, 0) is 14.3 Å². The molecule has 0 saturated heterocycles. The lowest BCUT2D eigenvalue weighted by atomic mass is 10.0. The van der Waals surface area contributed by atoms with Crippen molar-refractivity contribution in [1.82, 2.24) is 4.90 Å². The van der Waals surface area contributed by atoms with Crippen LogP contribution in [0.2, 0.25) is 0 Å². The normalized spacial score (nSPS) is 12.0. The Morgan fingerprint density at radius 3 is 1.09 bits per heavy atom. The first-order valence-corrected chi connectivity index (χ1v) is 21.0. The van der Waals surface area contributed by atoms with Gasteiger partial charge < -0.3 is 9.64 Å². The summed E-state index contributed by atoms with van der Waals surface area (Å²) in [5.74, 6) is 0.0437. The molecule has 0 aromatic carbocycles. The van der Waals surface area contributed by atoms with Crippen LogP contribution in [0.1, 0.15) is 239 Å². The molecule has 46 heavy (non-hydrogen) atoms. The zero-order valence-electron chi connectivity index (χ0n) is 32.0. The quantitative estimate of drug-likeness (QED) is 0.0497. The minimum Gasteiger partial charge on any atom is -0.462 e. The Labute approximate surface area is 289 Å². The summed E-state index contributed by atoms with van der Waals surface area (Å²) >= 11 is 0.